The Morgan fingerprint density at radius 1 is 1.12 bits per heavy atom. The van der Waals surface area contributed by atoms with Crippen LogP contribution in [-0.4, -0.2) is 31.7 Å². The van der Waals surface area contributed by atoms with Gasteiger partial charge in [0.15, 0.2) is 10.9 Å². The van der Waals surface area contributed by atoms with E-state index in [4.69, 9.17) is 4.42 Å². The first kappa shape index (κ1) is 21.8. The highest BCUT2D eigenvalue weighted by Crippen LogP contribution is 2.26. The summed E-state index contributed by atoms with van der Waals surface area (Å²) in [6.45, 7) is 5.87. The molecule has 2 aromatic carbocycles. The first-order chi connectivity index (χ1) is 15.5. The Balaban J connectivity index is 1.57. The summed E-state index contributed by atoms with van der Waals surface area (Å²) in [4.78, 5) is 16.4. The maximum atomic E-state index is 12.1. The number of carbonyl (C=O) groups excluding carboxylic acids is 1. The molecule has 0 radical (unpaired) electrons. The molecule has 0 bridgehead atoms. The lowest BCUT2D eigenvalue weighted by Crippen LogP contribution is -2.30. The first-order valence-electron chi connectivity index (χ1n) is 10.4. The van der Waals surface area contributed by atoms with E-state index in [1.807, 2.05) is 38.1 Å². The zero-order chi connectivity index (χ0) is 22.5. The Morgan fingerprint density at radius 2 is 1.94 bits per heavy atom. The van der Waals surface area contributed by atoms with Crippen molar-refractivity contribution in [3.8, 4) is 5.69 Å². The largest absolute Gasteiger partial charge is 0.447 e. The summed E-state index contributed by atoms with van der Waals surface area (Å²) in [5, 5.41) is 12.5. The summed E-state index contributed by atoms with van der Waals surface area (Å²) >= 11 is 1.47. The summed E-state index contributed by atoms with van der Waals surface area (Å²) in [7, 11) is 0. The van der Waals surface area contributed by atoms with Crippen LogP contribution in [0.15, 0.2) is 70.4 Å². The second-order valence-electron chi connectivity index (χ2n) is 7.78. The highest BCUT2D eigenvalue weighted by Gasteiger charge is 2.18. The van der Waals surface area contributed by atoms with Gasteiger partial charge < -0.3 is 9.73 Å². The summed E-state index contributed by atoms with van der Waals surface area (Å²) in [5.41, 5.74) is 3.61. The number of rotatable bonds is 8. The molecule has 164 valence electrons. The summed E-state index contributed by atoms with van der Waals surface area (Å²) in [6.07, 6.45) is 2.06. The normalized spacial score (nSPS) is 11.1. The lowest BCUT2D eigenvalue weighted by Gasteiger charge is -2.11. The Hall–Kier alpha value is -3.39. The fraction of sp³-hybridized carbons (Fsp3) is 0.250. The number of aryl methyl sites for hydroxylation is 1. The van der Waals surface area contributed by atoms with Crippen molar-refractivity contribution in [3.05, 3.63) is 89.4 Å². The van der Waals surface area contributed by atoms with Crippen molar-refractivity contribution in [1.82, 2.24) is 25.1 Å². The molecule has 1 amide bonds. The van der Waals surface area contributed by atoms with E-state index in [2.05, 4.69) is 62.3 Å². The van der Waals surface area contributed by atoms with Crippen molar-refractivity contribution in [3.63, 3.8) is 0 Å². The molecule has 2 heterocycles. The number of aromatic nitrogens is 4. The maximum Gasteiger partial charge on any atom is 0.273 e. The number of hydrogen-bond acceptors (Lipinski definition) is 6. The molecular formula is C24H25N5O2S. The Morgan fingerprint density at radius 3 is 2.69 bits per heavy atom. The monoisotopic (exact) mass is 447 g/mol. The molecule has 0 unspecified atom stereocenters. The zero-order valence-electron chi connectivity index (χ0n) is 18.3. The number of carbonyl (C=O) groups is 1. The predicted molar refractivity (Wildman–Crippen MR) is 124 cm³/mol. The van der Waals surface area contributed by atoms with Crippen molar-refractivity contribution in [2.24, 2.45) is 0 Å². The molecule has 0 aliphatic carbocycles. The molecule has 4 rings (SSSR count). The van der Waals surface area contributed by atoms with E-state index < -0.39 is 0 Å². The molecular weight excluding hydrogens is 422 g/mol. The molecule has 2 aromatic heterocycles. The fourth-order valence-electron chi connectivity index (χ4n) is 3.26. The average molecular weight is 448 g/mol. The Kier molecular flexibility index (Phi) is 6.70. The molecule has 32 heavy (non-hydrogen) atoms. The van der Waals surface area contributed by atoms with Gasteiger partial charge in [-0.25, -0.2) is 4.98 Å². The molecule has 1 N–H and O–H groups in total. The second-order valence-corrected chi connectivity index (χ2v) is 8.72. The van der Waals surface area contributed by atoms with E-state index in [0.717, 1.165) is 22.2 Å². The minimum absolute atomic E-state index is 0.0351. The van der Waals surface area contributed by atoms with Gasteiger partial charge >= 0.3 is 0 Å². The summed E-state index contributed by atoms with van der Waals surface area (Å²) < 4.78 is 7.58. The first-order valence-corrected chi connectivity index (χ1v) is 11.4. The van der Waals surface area contributed by atoms with Gasteiger partial charge in [-0.2, -0.15) is 0 Å². The highest BCUT2D eigenvalue weighted by atomic mass is 32.2. The summed E-state index contributed by atoms with van der Waals surface area (Å²) in [6, 6.07) is 18.5. The number of oxazole rings is 1. The SMILES string of the molecule is Cc1cccc(-n2c(Cc3ccccc3)nnc2SCc2nc(C(=O)NC(C)C)co2)c1. The highest BCUT2D eigenvalue weighted by molar-refractivity contribution is 7.98. The third-order valence-corrected chi connectivity index (χ3v) is 5.61. The minimum Gasteiger partial charge on any atom is -0.447 e. The van der Waals surface area contributed by atoms with Crippen LogP contribution in [0.3, 0.4) is 0 Å². The average Bonchev–Trinajstić information content (AvgIpc) is 3.40. The van der Waals surface area contributed by atoms with Crippen LogP contribution >= 0.6 is 11.8 Å². The van der Waals surface area contributed by atoms with Gasteiger partial charge in [0.05, 0.1) is 5.75 Å². The molecule has 8 heteroatoms. The third kappa shape index (κ3) is 5.26. The van der Waals surface area contributed by atoms with Crippen molar-refractivity contribution < 1.29 is 9.21 Å². The summed E-state index contributed by atoms with van der Waals surface area (Å²) in [5.74, 6) is 1.51. The molecule has 0 aliphatic heterocycles. The molecule has 0 saturated carbocycles. The molecule has 0 atom stereocenters. The third-order valence-electron chi connectivity index (χ3n) is 4.69. The number of hydrogen-bond donors (Lipinski definition) is 1. The number of thioether (sulfide) groups is 1. The van der Waals surface area contributed by atoms with Gasteiger partial charge in [0.2, 0.25) is 5.89 Å². The second kappa shape index (κ2) is 9.82. The van der Waals surface area contributed by atoms with Gasteiger partial charge in [-0.3, -0.25) is 9.36 Å². The van der Waals surface area contributed by atoms with Crippen LogP contribution < -0.4 is 5.32 Å². The molecule has 7 nitrogen and oxygen atoms in total. The van der Waals surface area contributed by atoms with Crippen molar-refractivity contribution in [1.29, 1.82) is 0 Å². The molecule has 0 spiro atoms. The number of nitrogens with zero attached hydrogens (tertiary/aromatic N) is 4. The Bertz CT molecular complexity index is 1200. The van der Waals surface area contributed by atoms with Crippen LogP contribution in [0.2, 0.25) is 0 Å². The lowest BCUT2D eigenvalue weighted by molar-refractivity contribution is 0.0938. The van der Waals surface area contributed by atoms with Crippen molar-refractivity contribution >= 4 is 17.7 Å². The van der Waals surface area contributed by atoms with E-state index in [9.17, 15) is 4.79 Å². The van der Waals surface area contributed by atoms with Crippen LogP contribution in [0.5, 0.6) is 0 Å². The lowest BCUT2D eigenvalue weighted by atomic mass is 10.1. The van der Waals surface area contributed by atoms with Crippen LogP contribution in [-0.2, 0) is 12.2 Å². The standard InChI is InChI=1S/C24H25N5O2S/c1-16(2)25-23(30)20-14-31-22(26-20)15-32-24-28-27-21(13-18-9-5-4-6-10-18)29(24)19-11-7-8-17(3)12-19/h4-12,14,16H,13,15H2,1-3H3,(H,25,30). The minimum atomic E-state index is -0.243. The number of nitrogens with one attached hydrogen (secondary N) is 1. The van der Waals surface area contributed by atoms with E-state index in [1.54, 1.807) is 0 Å². The van der Waals surface area contributed by atoms with Crippen molar-refractivity contribution in [2.45, 2.75) is 44.1 Å². The van der Waals surface area contributed by atoms with E-state index in [1.165, 1.54) is 23.6 Å². The van der Waals surface area contributed by atoms with Gasteiger partial charge in [0, 0.05) is 18.2 Å². The fourth-order valence-corrected chi connectivity index (χ4v) is 4.08. The van der Waals surface area contributed by atoms with Crippen LogP contribution in [0, 0.1) is 6.92 Å². The molecule has 0 fully saturated rings. The number of benzene rings is 2. The maximum absolute atomic E-state index is 12.1. The number of amides is 1. The molecule has 0 aliphatic rings. The molecule has 4 aromatic rings. The van der Waals surface area contributed by atoms with E-state index >= 15 is 0 Å². The smallest absolute Gasteiger partial charge is 0.273 e. The van der Waals surface area contributed by atoms with Gasteiger partial charge in [-0.05, 0) is 44.0 Å². The van der Waals surface area contributed by atoms with E-state index in [0.29, 0.717) is 18.1 Å². The van der Waals surface area contributed by atoms with Crippen LogP contribution in [0.25, 0.3) is 5.69 Å². The van der Waals surface area contributed by atoms with Crippen molar-refractivity contribution in [2.75, 3.05) is 0 Å². The topological polar surface area (TPSA) is 85.8 Å². The van der Waals surface area contributed by atoms with Gasteiger partial charge in [0.25, 0.3) is 5.91 Å². The quantitative estimate of drug-likeness (QED) is 0.398. The van der Waals surface area contributed by atoms with Gasteiger partial charge in [0.1, 0.15) is 12.1 Å². The Labute approximate surface area is 191 Å². The van der Waals surface area contributed by atoms with Gasteiger partial charge in [-0.1, -0.05) is 54.2 Å². The molecule has 0 saturated heterocycles. The van der Waals surface area contributed by atoms with Gasteiger partial charge in [-0.15, -0.1) is 10.2 Å². The van der Waals surface area contributed by atoms with E-state index in [-0.39, 0.29) is 17.6 Å². The zero-order valence-corrected chi connectivity index (χ0v) is 19.1. The van der Waals surface area contributed by atoms with Crippen LogP contribution in [0.1, 0.15) is 47.2 Å². The van der Waals surface area contributed by atoms with Crippen LogP contribution in [0.4, 0.5) is 0 Å². The predicted octanol–water partition coefficient (Wildman–Crippen LogP) is 4.59.